The number of halogens is 2. The molecule has 0 aromatic heterocycles. The summed E-state index contributed by atoms with van der Waals surface area (Å²) in [6, 6.07) is 23.5. The first-order valence-electron chi connectivity index (χ1n) is 12.0. The van der Waals surface area contributed by atoms with Crippen LogP contribution in [0.1, 0.15) is 10.4 Å². The Kier molecular flexibility index (Phi) is 9.42. The molecule has 0 saturated heterocycles. The second-order valence-corrected chi connectivity index (χ2v) is 13.1. The Morgan fingerprint density at radius 3 is 2.10 bits per heavy atom. The molecule has 0 radical (unpaired) electrons. The van der Waals surface area contributed by atoms with E-state index in [9.17, 15) is 26.4 Å². The van der Waals surface area contributed by atoms with Crippen LogP contribution in [0.4, 0.5) is 17.1 Å². The molecule has 42 heavy (non-hydrogen) atoms. The fourth-order valence-corrected chi connectivity index (χ4v) is 5.74. The van der Waals surface area contributed by atoms with E-state index in [0.717, 1.165) is 12.3 Å². The van der Waals surface area contributed by atoms with E-state index >= 15 is 0 Å². The number of carbonyl (C=O) groups is 2. The Morgan fingerprint density at radius 2 is 1.40 bits per heavy atom. The number of anilines is 3. The van der Waals surface area contributed by atoms with E-state index in [0.29, 0.717) is 0 Å². The molecule has 0 saturated carbocycles. The first-order valence-corrected chi connectivity index (χ1v) is 16.2. The van der Waals surface area contributed by atoms with E-state index in [-0.39, 0.29) is 43.3 Å². The third kappa shape index (κ3) is 8.01. The third-order valence-electron chi connectivity index (χ3n) is 5.55. The van der Waals surface area contributed by atoms with Crippen molar-refractivity contribution in [3.63, 3.8) is 0 Å². The monoisotopic (exact) mass is 647 g/mol. The quantitative estimate of drug-likeness (QED) is 0.145. The van der Waals surface area contributed by atoms with E-state index in [4.69, 9.17) is 27.9 Å². The summed E-state index contributed by atoms with van der Waals surface area (Å²) in [6.45, 7) is 0. The van der Waals surface area contributed by atoms with Gasteiger partial charge in [-0.25, -0.2) is 16.8 Å². The molecule has 4 rings (SSSR count). The number of amides is 1. The summed E-state index contributed by atoms with van der Waals surface area (Å²) in [4.78, 5) is 26.8. The molecule has 0 aliphatic heterocycles. The Labute approximate surface area is 252 Å². The van der Waals surface area contributed by atoms with E-state index in [1.54, 1.807) is 30.3 Å². The van der Waals surface area contributed by atoms with Crippen LogP contribution in [0, 0.1) is 0 Å². The van der Waals surface area contributed by atoms with E-state index < -0.39 is 37.8 Å². The first kappa shape index (κ1) is 30.8. The maximum absolute atomic E-state index is 13.5. The van der Waals surface area contributed by atoms with Crippen molar-refractivity contribution in [2.75, 3.05) is 21.0 Å². The van der Waals surface area contributed by atoms with Crippen molar-refractivity contribution in [2.24, 2.45) is 0 Å². The van der Waals surface area contributed by atoms with Gasteiger partial charge in [0.2, 0.25) is 21.9 Å². The molecule has 0 aliphatic carbocycles. The van der Waals surface area contributed by atoms with Crippen molar-refractivity contribution in [3.05, 3.63) is 113 Å². The summed E-state index contributed by atoms with van der Waals surface area (Å²) in [5, 5.41) is 2.65. The smallest absolute Gasteiger partial charge is 0.273 e. The van der Waals surface area contributed by atoms with Crippen LogP contribution in [-0.2, 0) is 24.8 Å². The molecule has 0 aliphatic rings. The largest absolute Gasteiger partial charge is 0.472 e. The molecule has 0 spiro atoms. The number of para-hydroxylation sites is 2. The number of hydrogen-bond donors (Lipinski definition) is 3. The predicted octanol–water partition coefficient (Wildman–Crippen LogP) is 5.43. The second-order valence-electron chi connectivity index (χ2n) is 8.85. The third-order valence-corrected chi connectivity index (χ3v) is 8.18. The standard InChI is InChI=1S/C28H23Cl2N3O7S2/c1-41(36,37)32-19-9-7-8-18(16-19)26(34)27(40-20-10-3-2-4-11-20)28(35)31-25-17-21(14-15-23(25)30)42(38,39)33-24-13-6-5-12-22(24)29/h2-17,27,32-33H,1H3,(H,31,35). The average Bonchev–Trinajstić information content (AvgIpc) is 2.93. The molecule has 1 amide bonds. The minimum Gasteiger partial charge on any atom is -0.472 e. The molecule has 3 N–H and O–H groups in total. The topological polar surface area (TPSA) is 148 Å². The van der Waals surface area contributed by atoms with Gasteiger partial charge in [-0.3, -0.25) is 19.0 Å². The van der Waals surface area contributed by atoms with E-state index in [2.05, 4.69) is 14.8 Å². The molecular formula is C28H23Cl2N3O7S2. The summed E-state index contributed by atoms with van der Waals surface area (Å²) in [5.41, 5.74) is 0.125. The highest BCUT2D eigenvalue weighted by molar-refractivity contribution is 7.92. The fourth-order valence-electron chi connectivity index (χ4n) is 3.68. The lowest BCUT2D eigenvalue weighted by molar-refractivity contribution is -0.120. The van der Waals surface area contributed by atoms with Crippen LogP contribution in [0.15, 0.2) is 102 Å². The molecule has 1 unspecified atom stereocenters. The molecule has 0 fully saturated rings. The summed E-state index contributed by atoms with van der Waals surface area (Å²) >= 11 is 12.4. The van der Waals surface area contributed by atoms with Crippen molar-refractivity contribution in [3.8, 4) is 5.75 Å². The highest BCUT2D eigenvalue weighted by Gasteiger charge is 2.31. The number of sulfonamides is 2. The van der Waals surface area contributed by atoms with Crippen LogP contribution in [0.5, 0.6) is 5.75 Å². The van der Waals surface area contributed by atoms with Gasteiger partial charge in [0, 0.05) is 11.3 Å². The Balaban J connectivity index is 1.65. The minimum atomic E-state index is -4.16. The lowest BCUT2D eigenvalue weighted by atomic mass is 10.0. The number of nitrogens with one attached hydrogen (secondary N) is 3. The zero-order valence-electron chi connectivity index (χ0n) is 21.7. The molecule has 4 aromatic carbocycles. The predicted molar refractivity (Wildman–Crippen MR) is 162 cm³/mol. The molecule has 10 nitrogen and oxygen atoms in total. The summed E-state index contributed by atoms with van der Waals surface area (Å²) in [5.74, 6) is -1.56. The van der Waals surface area contributed by atoms with Gasteiger partial charge in [-0.15, -0.1) is 0 Å². The molecule has 0 heterocycles. The first-order chi connectivity index (χ1) is 19.8. The number of ether oxygens (including phenoxy) is 1. The van der Waals surface area contributed by atoms with Gasteiger partial charge in [0.05, 0.1) is 32.6 Å². The summed E-state index contributed by atoms with van der Waals surface area (Å²) in [6.07, 6.45) is -0.809. The van der Waals surface area contributed by atoms with Gasteiger partial charge in [0.1, 0.15) is 5.75 Å². The number of hydrogen-bond acceptors (Lipinski definition) is 7. The minimum absolute atomic E-state index is 0.00898. The summed E-state index contributed by atoms with van der Waals surface area (Å²) < 4.78 is 59.8. The van der Waals surface area contributed by atoms with Gasteiger partial charge in [0.25, 0.3) is 15.9 Å². The highest BCUT2D eigenvalue weighted by Crippen LogP contribution is 2.29. The van der Waals surface area contributed by atoms with Crippen molar-refractivity contribution in [1.29, 1.82) is 0 Å². The molecular weight excluding hydrogens is 625 g/mol. The van der Waals surface area contributed by atoms with Crippen molar-refractivity contribution < 1.29 is 31.2 Å². The van der Waals surface area contributed by atoms with Gasteiger partial charge in [0.15, 0.2) is 0 Å². The van der Waals surface area contributed by atoms with Crippen LogP contribution in [0.25, 0.3) is 0 Å². The van der Waals surface area contributed by atoms with Gasteiger partial charge in [-0.05, 0) is 54.6 Å². The number of ketones is 1. The fraction of sp³-hybridized carbons (Fsp3) is 0.0714. The van der Waals surface area contributed by atoms with Crippen LogP contribution in [0.2, 0.25) is 10.0 Å². The Morgan fingerprint density at radius 1 is 0.738 bits per heavy atom. The SMILES string of the molecule is CS(=O)(=O)Nc1cccc(C(=O)C(Oc2ccccc2)C(=O)Nc2cc(S(=O)(=O)Nc3ccccc3Cl)ccc2Cl)c1. The normalized spacial score (nSPS) is 12.2. The molecule has 1 atom stereocenters. The van der Waals surface area contributed by atoms with Gasteiger partial charge in [-0.2, -0.15) is 0 Å². The second kappa shape index (κ2) is 12.8. The molecule has 0 bridgehead atoms. The van der Waals surface area contributed by atoms with E-state index in [1.165, 1.54) is 60.7 Å². The lowest BCUT2D eigenvalue weighted by Gasteiger charge is -2.19. The van der Waals surface area contributed by atoms with Crippen molar-refractivity contribution in [1.82, 2.24) is 0 Å². The number of Topliss-reactive ketones (excluding diaryl/α,β-unsaturated/α-hetero) is 1. The van der Waals surface area contributed by atoms with Gasteiger partial charge in [-0.1, -0.05) is 65.7 Å². The molecule has 218 valence electrons. The highest BCUT2D eigenvalue weighted by atomic mass is 35.5. The van der Waals surface area contributed by atoms with Gasteiger partial charge >= 0.3 is 0 Å². The van der Waals surface area contributed by atoms with Gasteiger partial charge < -0.3 is 10.1 Å². The Hall–Kier alpha value is -4.10. The maximum atomic E-state index is 13.5. The number of rotatable bonds is 11. The molecule has 4 aromatic rings. The van der Waals surface area contributed by atoms with Crippen LogP contribution < -0.4 is 19.5 Å². The Bertz CT molecular complexity index is 1850. The van der Waals surface area contributed by atoms with Crippen molar-refractivity contribution in [2.45, 2.75) is 11.0 Å². The zero-order chi connectivity index (χ0) is 30.5. The lowest BCUT2D eigenvalue weighted by Crippen LogP contribution is -2.40. The van der Waals surface area contributed by atoms with Crippen molar-refractivity contribution >= 4 is 72.0 Å². The summed E-state index contributed by atoms with van der Waals surface area (Å²) in [7, 11) is -7.79. The zero-order valence-corrected chi connectivity index (χ0v) is 24.9. The average molecular weight is 649 g/mol. The maximum Gasteiger partial charge on any atom is 0.273 e. The van der Waals surface area contributed by atoms with Crippen LogP contribution in [0.3, 0.4) is 0 Å². The number of carbonyl (C=O) groups excluding carboxylic acids is 2. The van der Waals surface area contributed by atoms with Crippen LogP contribution >= 0.6 is 23.2 Å². The van der Waals surface area contributed by atoms with E-state index in [1.807, 2.05) is 0 Å². The molecule has 14 heteroatoms. The van der Waals surface area contributed by atoms with Crippen LogP contribution in [-0.4, -0.2) is 40.9 Å². The number of benzene rings is 4.